The summed E-state index contributed by atoms with van der Waals surface area (Å²) >= 11 is 0. The van der Waals surface area contributed by atoms with Crippen molar-refractivity contribution in [2.75, 3.05) is 12.3 Å². The second-order valence-electron chi connectivity index (χ2n) is 6.21. The summed E-state index contributed by atoms with van der Waals surface area (Å²) in [7, 11) is -16.8. The Morgan fingerprint density at radius 3 is 2.39 bits per heavy atom. The minimum absolute atomic E-state index is 0. The van der Waals surface area contributed by atoms with E-state index >= 15 is 0 Å². The number of H-pyrrole nitrogens is 1. The predicted octanol–water partition coefficient (Wildman–Crippen LogP) is -5.22. The van der Waals surface area contributed by atoms with Gasteiger partial charge < -0.3 is 41.7 Å². The number of hydrogen-bond acceptors (Lipinski definition) is 13. The molecule has 3 rings (SSSR count). The summed E-state index contributed by atoms with van der Waals surface area (Å²) in [4.78, 5) is 57.3. The number of aliphatic hydroxyl groups excluding tert-OH is 2. The van der Waals surface area contributed by atoms with Crippen LogP contribution in [0.4, 0.5) is 5.95 Å². The number of imidazole rings is 1. The van der Waals surface area contributed by atoms with E-state index in [1.54, 1.807) is 0 Å². The first kappa shape index (κ1) is 28.3. The Hall–Kier alpha value is -0.963. The Balaban J connectivity index is 0.00000289. The number of anilines is 1. The third kappa shape index (κ3) is 6.80. The minimum atomic E-state index is -5.73. The molecular formula is C10H17LiN5O14P3. The zero-order valence-corrected chi connectivity index (χ0v) is 19.0. The van der Waals surface area contributed by atoms with Crippen molar-refractivity contribution in [3.8, 4) is 0 Å². The van der Waals surface area contributed by atoms with Crippen molar-refractivity contribution in [2.45, 2.75) is 24.5 Å². The van der Waals surface area contributed by atoms with Crippen molar-refractivity contribution < 1.29 is 81.7 Å². The van der Waals surface area contributed by atoms with Gasteiger partial charge in [-0.2, -0.15) is 13.6 Å². The molecule has 2 aromatic heterocycles. The van der Waals surface area contributed by atoms with Gasteiger partial charge >= 0.3 is 42.3 Å². The second kappa shape index (κ2) is 9.96. The van der Waals surface area contributed by atoms with Crippen molar-refractivity contribution in [3.05, 3.63) is 16.7 Å². The monoisotopic (exact) mass is 531 g/mol. The van der Waals surface area contributed by atoms with Gasteiger partial charge in [0.2, 0.25) is 5.95 Å². The summed E-state index contributed by atoms with van der Waals surface area (Å²) in [6.45, 7) is -1.01. The molecule has 1 fully saturated rings. The Kier molecular flexibility index (Phi) is 8.53. The zero-order valence-electron chi connectivity index (χ0n) is 17.3. The molecule has 2 unspecified atom stereocenters. The SMILES string of the molecule is Nc1nc2c(ncn2[C@@H]2O[C@H](COP(=O)(O)OP(=O)(O)OP(=O)(O)O)[C@@H](O)[C@H]2O)c(=O)[nH]1.[H-].[Li+]. The van der Waals surface area contributed by atoms with Crippen molar-refractivity contribution in [2.24, 2.45) is 0 Å². The van der Waals surface area contributed by atoms with Gasteiger partial charge in [0, 0.05) is 0 Å². The number of nitrogens with one attached hydrogen (secondary N) is 1. The van der Waals surface area contributed by atoms with Crippen LogP contribution >= 0.6 is 23.5 Å². The number of aliphatic hydroxyl groups is 2. The molecule has 3 heterocycles. The molecule has 0 aromatic carbocycles. The van der Waals surface area contributed by atoms with E-state index in [4.69, 9.17) is 25.2 Å². The van der Waals surface area contributed by atoms with Gasteiger partial charge in [-0.05, 0) is 0 Å². The topological polar surface area (TPSA) is 299 Å². The van der Waals surface area contributed by atoms with Crippen molar-refractivity contribution >= 4 is 40.6 Å². The van der Waals surface area contributed by atoms with E-state index in [0.717, 1.165) is 10.9 Å². The second-order valence-corrected chi connectivity index (χ2v) is 10.6. The van der Waals surface area contributed by atoms with E-state index in [1.807, 2.05) is 0 Å². The van der Waals surface area contributed by atoms with Gasteiger partial charge in [-0.25, -0.2) is 18.7 Å². The zero-order chi connectivity index (χ0) is 24.1. The maximum Gasteiger partial charge on any atom is 1.00 e. The Bertz CT molecular complexity index is 1220. The molecule has 2 aromatic rings. The van der Waals surface area contributed by atoms with Crippen LogP contribution < -0.4 is 30.2 Å². The van der Waals surface area contributed by atoms with Gasteiger partial charge in [0.1, 0.15) is 18.3 Å². The van der Waals surface area contributed by atoms with E-state index in [-0.39, 0.29) is 37.4 Å². The summed E-state index contributed by atoms with van der Waals surface area (Å²) in [6, 6.07) is 0. The van der Waals surface area contributed by atoms with Crippen molar-refractivity contribution in [1.29, 1.82) is 0 Å². The fourth-order valence-electron chi connectivity index (χ4n) is 2.70. The molecule has 0 bridgehead atoms. The molecule has 0 radical (unpaired) electrons. The fourth-order valence-corrected chi connectivity index (χ4v) is 5.73. The standard InChI is InChI=1S/C10H16N5O14P3.Li.H/c11-10-13-7-4(8(18)14-10)12-2-15(7)9-6(17)5(16)3(27-9)1-26-31(22,23)29-32(24,25)28-30(19,20)21;;/h2-3,5-6,9,16-17H,1H2,(H,22,23)(H,24,25)(H2,19,20,21)(H3,11,13,14,18);;/q;+1;-1/t3-,5-,6-,9-;;/m1../s1. The van der Waals surface area contributed by atoms with Gasteiger partial charge in [0.25, 0.3) is 5.56 Å². The van der Waals surface area contributed by atoms with Crippen LogP contribution in [-0.4, -0.2) is 74.2 Å². The molecule has 0 saturated carbocycles. The van der Waals surface area contributed by atoms with Crippen LogP contribution in [0, 0.1) is 0 Å². The maximum absolute atomic E-state index is 11.9. The average Bonchev–Trinajstić information content (AvgIpc) is 3.12. The number of phosphoric acid groups is 3. The Morgan fingerprint density at radius 2 is 1.79 bits per heavy atom. The van der Waals surface area contributed by atoms with Crippen molar-refractivity contribution in [3.63, 3.8) is 0 Å². The molecule has 0 spiro atoms. The van der Waals surface area contributed by atoms with Gasteiger partial charge in [0.05, 0.1) is 12.9 Å². The number of aromatic nitrogens is 4. The average molecular weight is 531 g/mol. The molecule has 33 heavy (non-hydrogen) atoms. The number of rotatable bonds is 8. The van der Waals surface area contributed by atoms with Crippen LogP contribution in [0.1, 0.15) is 7.65 Å². The van der Waals surface area contributed by atoms with Crippen LogP contribution in [0.25, 0.3) is 11.2 Å². The molecule has 19 nitrogen and oxygen atoms in total. The number of fused-ring (bicyclic) bond motifs is 1. The van der Waals surface area contributed by atoms with Crippen LogP contribution in [-0.2, 0) is 31.6 Å². The molecule has 0 aliphatic carbocycles. The maximum atomic E-state index is 11.9. The van der Waals surface area contributed by atoms with Gasteiger partial charge in [-0.1, -0.05) is 0 Å². The number of nitrogens with two attached hydrogens (primary N) is 1. The molecule has 23 heteroatoms. The Morgan fingerprint density at radius 1 is 1.15 bits per heavy atom. The largest absolute Gasteiger partial charge is 1.00 e. The number of nitrogens with zero attached hydrogens (tertiary/aromatic N) is 3. The van der Waals surface area contributed by atoms with Crippen molar-refractivity contribution in [1.82, 2.24) is 19.5 Å². The third-order valence-corrected chi connectivity index (χ3v) is 7.68. The minimum Gasteiger partial charge on any atom is -1.00 e. The van der Waals surface area contributed by atoms with Gasteiger partial charge in [-0.3, -0.25) is 18.9 Å². The molecule has 1 saturated heterocycles. The smallest absolute Gasteiger partial charge is 1.00 e. The first-order chi connectivity index (χ1) is 14.6. The summed E-state index contributed by atoms with van der Waals surface area (Å²) in [6.07, 6.45) is -5.33. The third-order valence-electron chi connectivity index (χ3n) is 3.88. The first-order valence-electron chi connectivity index (χ1n) is 8.11. The molecule has 1 aliphatic rings. The summed E-state index contributed by atoms with van der Waals surface area (Å²) in [5, 5.41) is 20.4. The molecule has 182 valence electrons. The molecule has 1 aliphatic heterocycles. The van der Waals surface area contributed by atoms with E-state index in [9.17, 15) is 33.6 Å². The first-order valence-corrected chi connectivity index (χ1v) is 12.6. The fraction of sp³-hybridized carbons (Fsp3) is 0.500. The Labute approximate surface area is 195 Å². The van der Waals surface area contributed by atoms with Gasteiger partial charge in [-0.15, -0.1) is 0 Å². The van der Waals surface area contributed by atoms with E-state index in [0.29, 0.717) is 0 Å². The molecular weight excluding hydrogens is 514 g/mol. The number of hydrogen-bond donors (Lipinski definition) is 8. The summed E-state index contributed by atoms with van der Waals surface area (Å²) in [5.41, 5.74) is 4.50. The van der Waals surface area contributed by atoms with E-state index < -0.39 is 60.2 Å². The number of ether oxygens (including phenoxy) is 1. The number of nitrogen functional groups attached to an aromatic ring is 1. The molecule has 9 N–H and O–H groups in total. The molecule has 6 atom stereocenters. The summed E-state index contributed by atoms with van der Waals surface area (Å²) in [5.74, 6) is -0.276. The van der Waals surface area contributed by atoms with E-state index in [2.05, 4.69) is 28.1 Å². The predicted molar refractivity (Wildman–Crippen MR) is 99.4 cm³/mol. The quantitative estimate of drug-likeness (QED) is 0.117. The number of aromatic amines is 1. The van der Waals surface area contributed by atoms with E-state index in [1.165, 1.54) is 0 Å². The van der Waals surface area contributed by atoms with Crippen LogP contribution in [0.3, 0.4) is 0 Å². The molecule has 0 amide bonds. The van der Waals surface area contributed by atoms with Crippen LogP contribution in [0.5, 0.6) is 0 Å². The van der Waals surface area contributed by atoms with Crippen LogP contribution in [0.2, 0.25) is 0 Å². The normalized spacial score (nSPS) is 27.1. The van der Waals surface area contributed by atoms with Crippen LogP contribution in [0.15, 0.2) is 11.1 Å². The van der Waals surface area contributed by atoms with Gasteiger partial charge in [0.15, 0.2) is 17.4 Å². The summed E-state index contributed by atoms with van der Waals surface area (Å²) < 4.78 is 51.6. The number of phosphoric ester groups is 1.